The Kier molecular flexibility index (Phi) is 8.63. The molecule has 0 bridgehead atoms. The molecule has 0 heterocycles. The Balaban J connectivity index is 3.24. The minimum atomic E-state index is -2.14. The minimum Gasteiger partial charge on any atom is -0.465 e. The van der Waals surface area contributed by atoms with E-state index in [0.717, 1.165) is 0 Å². The van der Waals surface area contributed by atoms with E-state index in [1.807, 2.05) is 0 Å². The quantitative estimate of drug-likeness (QED) is 0.568. The molecule has 0 aromatic heterocycles. The molecule has 0 aliphatic heterocycles. The first-order chi connectivity index (χ1) is 13.4. The van der Waals surface area contributed by atoms with Crippen molar-refractivity contribution in [1.82, 2.24) is 10.6 Å². The average Bonchev–Trinajstić information content (AvgIpc) is 2.63. The molecule has 2 amide bonds. The summed E-state index contributed by atoms with van der Waals surface area (Å²) in [5.74, 6) is -1.80. The summed E-state index contributed by atoms with van der Waals surface area (Å²) in [5, 5.41) is 16.6. The third-order valence-corrected chi connectivity index (χ3v) is 4.05. The van der Waals surface area contributed by atoms with Crippen LogP contribution in [-0.4, -0.2) is 47.9 Å². The number of carbonyl (C=O) groups is 3. The van der Waals surface area contributed by atoms with Crippen molar-refractivity contribution in [3.63, 3.8) is 0 Å². The maximum absolute atomic E-state index is 13.0. The van der Waals surface area contributed by atoms with Gasteiger partial charge < -0.3 is 25.2 Å². The molecule has 1 rings (SSSR count). The van der Waals surface area contributed by atoms with Gasteiger partial charge in [-0.3, -0.25) is 9.59 Å². The molecular formula is C21H32N2O6. The normalized spacial score (nSPS) is 14.5. The maximum Gasteiger partial charge on any atom is 0.408 e. The van der Waals surface area contributed by atoms with E-state index in [-0.39, 0.29) is 18.1 Å². The zero-order valence-corrected chi connectivity index (χ0v) is 17.9. The summed E-state index contributed by atoms with van der Waals surface area (Å²) in [7, 11) is 0. The topological polar surface area (TPSA) is 114 Å². The van der Waals surface area contributed by atoms with Gasteiger partial charge in [0.15, 0.2) is 5.60 Å². The molecule has 2 atom stereocenters. The Morgan fingerprint density at radius 3 is 2.17 bits per heavy atom. The van der Waals surface area contributed by atoms with Crippen LogP contribution in [0.25, 0.3) is 0 Å². The van der Waals surface area contributed by atoms with Crippen LogP contribution in [0.1, 0.15) is 47.1 Å². The van der Waals surface area contributed by atoms with Gasteiger partial charge in [-0.1, -0.05) is 44.2 Å². The first-order valence-electron chi connectivity index (χ1n) is 9.63. The first-order valence-corrected chi connectivity index (χ1v) is 9.63. The zero-order chi connectivity index (χ0) is 22.2. The number of esters is 1. The van der Waals surface area contributed by atoms with Gasteiger partial charge in [0.05, 0.1) is 12.6 Å². The Bertz CT molecular complexity index is 699. The highest BCUT2D eigenvalue weighted by atomic mass is 16.6. The lowest BCUT2D eigenvalue weighted by atomic mass is 9.80. The van der Waals surface area contributed by atoms with E-state index < -0.39 is 41.8 Å². The van der Waals surface area contributed by atoms with Crippen LogP contribution in [0, 0.1) is 5.92 Å². The lowest BCUT2D eigenvalue weighted by Crippen LogP contribution is -2.61. The van der Waals surface area contributed by atoms with Crippen LogP contribution in [0.5, 0.6) is 0 Å². The van der Waals surface area contributed by atoms with Gasteiger partial charge in [-0.25, -0.2) is 4.79 Å². The summed E-state index contributed by atoms with van der Waals surface area (Å²) in [5.41, 5.74) is -2.61. The van der Waals surface area contributed by atoms with Gasteiger partial charge in [0.25, 0.3) is 5.91 Å². The molecule has 1 aromatic rings. The largest absolute Gasteiger partial charge is 0.465 e. The fourth-order valence-electron chi connectivity index (χ4n) is 2.83. The summed E-state index contributed by atoms with van der Waals surface area (Å²) in [6.45, 7) is 10.1. The van der Waals surface area contributed by atoms with Crippen molar-refractivity contribution in [2.75, 3.05) is 13.2 Å². The Hall–Kier alpha value is -2.61. The van der Waals surface area contributed by atoms with Crippen molar-refractivity contribution >= 4 is 18.0 Å². The lowest BCUT2D eigenvalue weighted by Gasteiger charge is -2.38. The SMILES string of the molecule is CCOC(=O)CNC(=O)C(O)(c1ccccc1)C(NC(=O)OC(C)(C)C)C(C)C. The van der Waals surface area contributed by atoms with Crippen molar-refractivity contribution in [3.05, 3.63) is 35.9 Å². The molecule has 0 spiro atoms. The molecule has 29 heavy (non-hydrogen) atoms. The number of alkyl carbamates (subject to hydrolysis) is 1. The van der Waals surface area contributed by atoms with E-state index in [2.05, 4.69) is 10.6 Å². The number of hydrogen-bond donors (Lipinski definition) is 3. The van der Waals surface area contributed by atoms with Crippen molar-refractivity contribution in [2.45, 2.75) is 58.8 Å². The number of aliphatic hydroxyl groups is 1. The second-order valence-electron chi connectivity index (χ2n) is 7.99. The first kappa shape index (κ1) is 24.4. The number of rotatable bonds is 8. The van der Waals surface area contributed by atoms with Crippen molar-refractivity contribution in [3.8, 4) is 0 Å². The van der Waals surface area contributed by atoms with Crippen LogP contribution in [0.15, 0.2) is 30.3 Å². The van der Waals surface area contributed by atoms with E-state index in [1.165, 1.54) is 0 Å². The minimum absolute atomic E-state index is 0.173. The third kappa shape index (κ3) is 7.05. The van der Waals surface area contributed by atoms with E-state index in [9.17, 15) is 19.5 Å². The number of carbonyl (C=O) groups excluding carboxylic acids is 3. The van der Waals surface area contributed by atoms with Gasteiger partial charge in [0, 0.05) is 0 Å². The van der Waals surface area contributed by atoms with Gasteiger partial charge in [0.2, 0.25) is 0 Å². The van der Waals surface area contributed by atoms with Crippen LogP contribution >= 0.6 is 0 Å². The molecule has 0 fully saturated rings. The maximum atomic E-state index is 13.0. The van der Waals surface area contributed by atoms with Gasteiger partial charge in [-0.2, -0.15) is 0 Å². The number of nitrogens with one attached hydrogen (secondary N) is 2. The molecule has 8 nitrogen and oxygen atoms in total. The molecule has 1 aromatic carbocycles. The fourth-order valence-corrected chi connectivity index (χ4v) is 2.83. The molecule has 162 valence electrons. The van der Waals surface area contributed by atoms with Crippen LogP contribution in [0.3, 0.4) is 0 Å². The highest BCUT2D eigenvalue weighted by molar-refractivity contribution is 5.90. The molecular weight excluding hydrogens is 376 g/mol. The zero-order valence-electron chi connectivity index (χ0n) is 17.9. The lowest BCUT2D eigenvalue weighted by molar-refractivity contribution is -0.150. The second kappa shape index (κ2) is 10.2. The highest BCUT2D eigenvalue weighted by Crippen LogP contribution is 2.30. The molecule has 0 aliphatic rings. The molecule has 0 saturated carbocycles. The fraction of sp³-hybridized carbons (Fsp3) is 0.571. The summed E-state index contributed by atoms with van der Waals surface area (Å²) < 4.78 is 10.1. The standard InChI is InChI=1S/C21H32N2O6/c1-7-28-16(24)13-22-18(25)21(27,15-11-9-8-10-12-15)17(14(2)3)23-19(26)29-20(4,5)6/h8-12,14,17,27H,7,13H2,1-6H3,(H,22,25)(H,23,26). The molecule has 0 aliphatic carbocycles. The second-order valence-corrected chi connectivity index (χ2v) is 7.99. The number of ether oxygens (including phenoxy) is 2. The predicted octanol–water partition coefficient (Wildman–Crippen LogP) is 2.10. The molecule has 2 unspecified atom stereocenters. The third-order valence-electron chi connectivity index (χ3n) is 4.05. The molecule has 0 radical (unpaired) electrons. The van der Waals surface area contributed by atoms with Crippen molar-refractivity contribution in [2.24, 2.45) is 5.92 Å². The predicted molar refractivity (Wildman–Crippen MR) is 108 cm³/mol. The summed E-state index contributed by atoms with van der Waals surface area (Å²) in [6, 6.07) is 7.22. The molecule has 8 heteroatoms. The summed E-state index contributed by atoms with van der Waals surface area (Å²) in [6.07, 6.45) is -0.760. The highest BCUT2D eigenvalue weighted by Gasteiger charge is 2.48. The van der Waals surface area contributed by atoms with E-state index in [4.69, 9.17) is 9.47 Å². The number of amides is 2. The summed E-state index contributed by atoms with van der Waals surface area (Å²) in [4.78, 5) is 37.0. The van der Waals surface area contributed by atoms with E-state index in [1.54, 1.807) is 71.9 Å². The van der Waals surface area contributed by atoms with E-state index >= 15 is 0 Å². The molecule has 3 N–H and O–H groups in total. The van der Waals surface area contributed by atoms with Gasteiger partial charge in [0.1, 0.15) is 12.1 Å². The summed E-state index contributed by atoms with van der Waals surface area (Å²) >= 11 is 0. The van der Waals surface area contributed by atoms with Crippen LogP contribution in [0.2, 0.25) is 0 Å². The van der Waals surface area contributed by atoms with Crippen LogP contribution < -0.4 is 10.6 Å². The van der Waals surface area contributed by atoms with Crippen molar-refractivity contribution in [1.29, 1.82) is 0 Å². The van der Waals surface area contributed by atoms with Gasteiger partial charge >= 0.3 is 12.1 Å². The smallest absolute Gasteiger partial charge is 0.408 e. The van der Waals surface area contributed by atoms with Gasteiger partial charge in [-0.05, 0) is 39.2 Å². The van der Waals surface area contributed by atoms with E-state index in [0.29, 0.717) is 0 Å². The number of benzene rings is 1. The Morgan fingerprint density at radius 1 is 1.10 bits per heavy atom. The van der Waals surface area contributed by atoms with Crippen molar-refractivity contribution < 1.29 is 29.0 Å². The Labute approximate surface area is 172 Å². The molecule has 0 saturated heterocycles. The van der Waals surface area contributed by atoms with Gasteiger partial charge in [-0.15, -0.1) is 0 Å². The van der Waals surface area contributed by atoms with Crippen LogP contribution in [-0.2, 0) is 24.7 Å². The monoisotopic (exact) mass is 408 g/mol. The number of hydrogen-bond acceptors (Lipinski definition) is 6. The van der Waals surface area contributed by atoms with Crippen LogP contribution in [0.4, 0.5) is 4.79 Å². The average molecular weight is 408 g/mol. The Morgan fingerprint density at radius 2 is 1.69 bits per heavy atom.